The van der Waals surface area contributed by atoms with Gasteiger partial charge in [0.25, 0.3) is 0 Å². The summed E-state index contributed by atoms with van der Waals surface area (Å²) in [6.45, 7) is 0.897. The Morgan fingerprint density at radius 2 is 1.95 bits per heavy atom. The normalized spacial score (nSPS) is 11.7. The summed E-state index contributed by atoms with van der Waals surface area (Å²) < 4.78 is 21.7. The van der Waals surface area contributed by atoms with Crippen molar-refractivity contribution in [3.05, 3.63) is 35.4 Å². The molecular weight excluding hydrogens is 268 g/mol. The fourth-order valence-electron chi connectivity index (χ4n) is 1.65. The van der Waals surface area contributed by atoms with E-state index in [4.69, 9.17) is 10.2 Å². The summed E-state index contributed by atoms with van der Waals surface area (Å²) in [5, 5.41) is 14.0. The molecule has 0 unspecified atom stereocenters. The van der Waals surface area contributed by atoms with Crippen LogP contribution in [0.2, 0.25) is 0 Å². The number of primary sulfonamides is 1. The minimum Gasteiger partial charge on any atom is -0.478 e. The minimum absolute atomic E-state index is 0.107. The number of benzene rings is 1. The SMILES string of the molecule is CN(CCc1ccccc1C(=O)O)CCS(N)(=O)=O. The molecule has 0 aliphatic heterocycles. The van der Waals surface area contributed by atoms with Crippen molar-refractivity contribution in [2.24, 2.45) is 5.14 Å². The summed E-state index contributed by atoms with van der Waals surface area (Å²) in [5.41, 5.74) is 1.01. The van der Waals surface area contributed by atoms with Gasteiger partial charge in [-0.1, -0.05) is 18.2 Å². The predicted molar refractivity (Wildman–Crippen MR) is 72.6 cm³/mol. The number of carboxylic acid groups (broad SMARTS) is 1. The molecule has 6 nitrogen and oxygen atoms in total. The van der Waals surface area contributed by atoms with Crippen molar-refractivity contribution < 1.29 is 18.3 Å². The Morgan fingerprint density at radius 1 is 1.32 bits per heavy atom. The quantitative estimate of drug-likeness (QED) is 0.743. The Morgan fingerprint density at radius 3 is 2.53 bits per heavy atom. The Hall–Kier alpha value is -1.44. The van der Waals surface area contributed by atoms with E-state index in [1.807, 2.05) is 4.90 Å². The van der Waals surface area contributed by atoms with Crippen LogP contribution in [0.15, 0.2) is 24.3 Å². The zero-order chi connectivity index (χ0) is 14.5. The molecule has 0 fully saturated rings. The van der Waals surface area contributed by atoms with E-state index < -0.39 is 16.0 Å². The highest BCUT2D eigenvalue weighted by molar-refractivity contribution is 7.89. The van der Waals surface area contributed by atoms with Gasteiger partial charge in [0.05, 0.1) is 11.3 Å². The average Bonchev–Trinajstić information content (AvgIpc) is 2.33. The molecule has 0 spiro atoms. The van der Waals surface area contributed by atoms with Gasteiger partial charge in [-0.15, -0.1) is 0 Å². The Bertz CT molecular complexity index is 542. The van der Waals surface area contributed by atoms with Gasteiger partial charge in [0.2, 0.25) is 10.0 Å². The molecule has 19 heavy (non-hydrogen) atoms. The summed E-state index contributed by atoms with van der Waals surface area (Å²) in [4.78, 5) is 12.8. The number of carboxylic acids is 1. The third-order valence-electron chi connectivity index (χ3n) is 2.77. The van der Waals surface area contributed by atoms with E-state index in [0.29, 0.717) is 19.5 Å². The van der Waals surface area contributed by atoms with Crippen molar-refractivity contribution in [3.8, 4) is 0 Å². The van der Waals surface area contributed by atoms with Crippen molar-refractivity contribution in [1.29, 1.82) is 0 Å². The van der Waals surface area contributed by atoms with Crippen molar-refractivity contribution in [3.63, 3.8) is 0 Å². The fraction of sp³-hybridized carbons (Fsp3) is 0.417. The van der Waals surface area contributed by atoms with Gasteiger partial charge in [-0.05, 0) is 25.1 Å². The van der Waals surface area contributed by atoms with Gasteiger partial charge in [-0.2, -0.15) is 0 Å². The summed E-state index contributed by atoms with van der Waals surface area (Å²) in [6, 6.07) is 6.78. The lowest BCUT2D eigenvalue weighted by molar-refractivity contribution is 0.0695. The second-order valence-electron chi connectivity index (χ2n) is 4.38. The van der Waals surface area contributed by atoms with Gasteiger partial charge in [0.15, 0.2) is 0 Å². The van der Waals surface area contributed by atoms with Gasteiger partial charge in [-0.25, -0.2) is 18.4 Å². The van der Waals surface area contributed by atoms with Crippen LogP contribution in [0.3, 0.4) is 0 Å². The minimum atomic E-state index is -3.46. The average molecular weight is 286 g/mol. The summed E-state index contributed by atoms with van der Waals surface area (Å²) in [6.07, 6.45) is 0.545. The van der Waals surface area contributed by atoms with Crippen LogP contribution < -0.4 is 5.14 Å². The van der Waals surface area contributed by atoms with E-state index in [-0.39, 0.29) is 11.3 Å². The highest BCUT2D eigenvalue weighted by Gasteiger charge is 2.10. The number of rotatable bonds is 7. The molecule has 1 aromatic carbocycles. The third kappa shape index (κ3) is 5.82. The van der Waals surface area contributed by atoms with E-state index in [9.17, 15) is 13.2 Å². The Balaban J connectivity index is 2.55. The molecule has 0 aromatic heterocycles. The summed E-state index contributed by atoms with van der Waals surface area (Å²) in [5.74, 6) is -1.06. The molecule has 0 bridgehead atoms. The van der Waals surface area contributed by atoms with Gasteiger partial charge in [-0.3, -0.25) is 0 Å². The second kappa shape index (κ2) is 6.65. The summed E-state index contributed by atoms with van der Waals surface area (Å²) >= 11 is 0. The molecule has 3 N–H and O–H groups in total. The maximum atomic E-state index is 11.0. The number of likely N-dealkylation sites (N-methyl/N-ethyl adjacent to an activating group) is 1. The van der Waals surface area contributed by atoms with Crippen molar-refractivity contribution in [1.82, 2.24) is 4.90 Å². The monoisotopic (exact) mass is 286 g/mol. The van der Waals surface area contributed by atoms with E-state index in [0.717, 1.165) is 5.56 Å². The van der Waals surface area contributed by atoms with E-state index >= 15 is 0 Å². The number of carbonyl (C=O) groups is 1. The lowest BCUT2D eigenvalue weighted by Crippen LogP contribution is -2.30. The number of aromatic carboxylic acids is 1. The first-order chi connectivity index (χ1) is 8.79. The Kier molecular flexibility index (Phi) is 5.46. The molecule has 1 aromatic rings. The first-order valence-electron chi connectivity index (χ1n) is 5.80. The maximum absolute atomic E-state index is 11.0. The molecule has 0 aliphatic carbocycles. The highest BCUT2D eigenvalue weighted by Crippen LogP contribution is 2.09. The number of hydrogen-bond acceptors (Lipinski definition) is 4. The molecule has 7 heteroatoms. The first-order valence-corrected chi connectivity index (χ1v) is 7.51. The smallest absolute Gasteiger partial charge is 0.335 e. The standard InChI is InChI=1S/C12H18N2O4S/c1-14(8-9-19(13,17)18)7-6-10-4-2-3-5-11(10)12(15)16/h2-5H,6-9H2,1H3,(H,15,16)(H2,13,17,18). The lowest BCUT2D eigenvalue weighted by Gasteiger charge is -2.16. The predicted octanol–water partition coefficient (Wildman–Crippen LogP) is 0.148. The fourth-order valence-corrected chi connectivity index (χ4v) is 2.22. The molecule has 0 saturated heterocycles. The zero-order valence-electron chi connectivity index (χ0n) is 10.7. The molecule has 106 valence electrons. The molecule has 0 heterocycles. The van der Waals surface area contributed by atoms with Crippen LogP contribution in [-0.4, -0.2) is 50.3 Å². The van der Waals surface area contributed by atoms with Crippen molar-refractivity contribution in [2.75, 3.05) is 25.9 Å². The van der Waals surface area contributed by atoms with E-state index in [1.54, 1.807) is 31.3 Å². The molecule has 0 amide bonds. The van der Waals surface area contributed by atoms with Gasteiger partial charge < -0.3 is 10.0 Å². The molecular formula is C12H18N2O4S. The van der Waals surface area contributed by atoms with Crippen LogP contribution in [0.5, 0.6) is 0 Å². The van der Waals surface area contributed by atoms with Crippen molar-refractivity contribution >= 4 is 16.0 Å². The van der Waals surface area contributed by atoms with Crippen LogP contribution in [0.4, 0.5) is 0 Å². The van der Waals surface area contributed by atoms with Crippen LogP contribution in [0.25, 0.3) is 0 Å². The van der Waals surface area contributed by atoms with Gasteiger partial charge >= 0.3 is 5.97 Å². The molecule has 0 saturated carbocycles. The number of nitrogens with two attached hydrogens (primary N) is 1. The van der Waals surface area contributed by atoms with E-state index in [2.05, 4.69) is 0 Å². The van der Waals surface area contributed by atoms with Crippen LogP contribution in [-0.2, 0) is 16.4 Å². The highest BCUT2D eigenvalue weighted by atomic mass is 32.2. The van der Waals surface area contributed by atoms with Crippen LogP contribution in [0.1, 0.15) is 15.9 Å². The third-order valence-corrected chi connectivity index (χ3v) is 3.52. The number of nitrogens with zero attached hydrogens (tertiary/aromatic N) is 1. The number of sulfonamides is 1. The topological polar surface area (TPSA) is 101 Å². The first kappa shape index (κ1) is 15.6. The Labute approximate surface area is 112 Å². The maximum Gasteiger partial charge on any atom is 0.335 e. The van der Waals surface area contributed by atoms with Crippen molar-refractivity contribution in [2.45, 2.75) is 6.42 Å². The summed E-state index contributed by atoms with van der Waals surface area (Å²) in [7, 11) is -1.69. The molecule has 0 aliphatic rings. The van der Waals surface area contributed by atoms with E-state index in [1.165, 1.54) is 0 Å². The van der Waals surface area contributed by atoms with Gasteiger partial charge in [0, 0.05) is 13.1 Å². The molecule has 0 radical (unpaired) electrons. The number of hydrogen-bond donors (Lipinski definition) is 2. The van der Waals surface area contributed by atoms with Crippen LogP contribution in [0, 0.1) is 0 Å². The van der Waals surface area contributed by atoms with Crippen LogP contribution >= 0.6 is 0 Å². The molecule has 1 rings (SSSR count). The molecule has 0 atom stereocenters. The largest absolute Gasteiger partial charge is 0.478 e. The second-order valence-corrected chi connectivity index (χ2v) is 6.12. The lowest BCUT2D eigenvalue weighted by atomic mass is 10.0. The van der Waals surface area contributed by atoms with Gasteiger partial charge in [0.1, 0.15) is 0 Å². The zero-order valence-corrected chi connectivity index (χ0v) is 11.6.